The van der Waals surface area contributed by atoms with Crippen LogP contribution in [0.4, 0.5) is 8.78 Å². The molecule has 27 heavy (non-hydrogen) atoms. The van der Waals surface area contributed by atoms with Crippen molar-refractivity contribution in [2.45, 2.75) is 13.1 Å². The number of hydrogen-bond donors (Lipinski definition) is 1. The van der Waals surface area contributed by atoms with E-state index in [1.165, 1.54) is 15.5 Å². The smallest absolute Gasteiger partial charge is 0.320 e. The fourth-order valence-electron chi connectivity index (χ4n) is 3.00. The molecule has 0 fully saturated rings. The first-order chi connectivity index (χ1) is 13.0. The summed E-state index contributed by atoms with van der Waals surface area (Å²) in [6, 6.07) is 12.4. The van der Waals surface area contributed by atoms with E-state index in [9.17, 15) is 18.4 Å². The number of H-pyrrole nitrogens is 1. The van der Waals surface area contributed by atoms with Crippen molar-refractivity contribution in [2.24, 2.45) is 0 Å². The van der Waals surface area contributed by atoms with E-state index in [0.29, 0.717) is 0 Å². The van der Waals surface area contributed by atoms with E-state index in [1.807, 2.05) is 30.3 Å². The lowest BCUT2D eigenvalue weighted by Gasteiger charge is -2.08. The van der Waals surface area contributed by atoms with Crippen LogP contribution in [0, 0.1) is 11.6 Å². The second kappa shape index (κ2) is 6.64. The fraction of sp³-hybridized carbons (Fsp3) is 0.105. The Morgan fingerprint density at radius 2 is 1.78 bits per heavy atom. The maximum atomic E-state index is 14.0. The molecule has 0 aliphatic heterocycles. The molecule has 0 aliphatic carbocycles. The Balaban J connectivity index is 1.83. The number of nitrogens with one attached hydrogen (secondary N) is 1. The zero-order valence-electron chi connectivity index (χ0n) is 14.0. The molecule has 4 aromatic rings. The molecule has 6 nitrogen and oxygen atoms in total. The quantitative estimate of drug-likeness (QED) is 0.601. The Hall–Kier alpha value is -3.55. The average Bonchev–Trinajstić information content (AvgIpc) is 3.07. The zero-order valence-corrected chi connectivity index (χ0v) is 14.0. The molecule has 2 aromatic carbocycles. The third kappa shape index (κ3) is 3.17. The first-order valence-electron chi connectivity index (χ1n) is 8.19. The van der Waals surface area contributed by atoms with Gasteiger partial charge in [-0.3, -0.25) is 14.3 Å². The second-order valence-corrected chi connectivity index (χ2v) is 6.11. The Bertz CT molecular complexity index is 1240. The number of imidazole rings is 1. The van der Waals surface area contributed by atoms with Crippen LogP contribution in [0.1, 0.15) is 11.1 Å². The van der Waals surface area contributed by atoms with Gasteiger partial charge in [-0.15, -0.1) is 0 Å². The first-order valence-corrected chi connectivity index (χ1v) is 8.19. The highest BCUT2D eigenvalue weighted by Gasteiger charge is 2.15. The van der Waals surface area contributed by atoms with Crippen LogP contribution in [0.3, 0.4) is 0 Å². The van der Waals surface area contributed by atoms with E-state index >= 15 is 0 Å². The van der Waals surface area contributed by atoms with Gasteiger partial charge in [0.2, 0.25) is 0 Å². The molecule has 8 heteroatoms. The molecule has 0 spiro atoms. The molecular formula is C19H14F2N4O2. The molecule has 0 radical (unpaired) electrons. The van der Waals surface area contributed by atoms with E-state index in [-0.39, 0.29) is 29.8 Å². The van der Waals surface area contributed by atoms with E-state index in [2.05, 4.69) is 9.97 Å². The van der Waals surface area contributed by atoms with E-state index in [4.69, 9.17) is 0 Å². The van der Waals surface area contributed by atoms with Gasteiger partial charge >= 0.3 is 5.69 Å². The van der Waals surface area contributed by atoms with Gasteiger partial charge in [0.1, 0.15) is 11.6 Å². The number of halogens is 2. The molecule has 0 bridgehead atoms. The summed E-state index contributed by atoms with van der Waals surface area (Å²) in [4.78, 5) is 31.0. The molecule has 0 aliphatic rings. The van der Waals surface area contributed by atoms with Crippen LogP contribution in [0.15, 0.2) is 64.4 Å². The molecular weight excluding hydrogens is 354 g/mol. The van der Waals surface area contributed by atoms with E-state index in [0.717, 1.165) is 23.8 Å². The van der Waals surface area contributed by atoms with Crippen molar-refractivity contribution in [1.82, 2.24) is 19.1 Å². The summed E-state index contributed by atoms with van der Waals surface area (Å²) >= 11 is 0. The third-order valence-corrected chi connectivity index (χ3v) is 4.29. The van der Waals surface area contributed by atoms with E-state index in [1.54, 1.807) is 0 Å². The summed E-state index contributed by atoms with van der Waals surface area (Å²) in [6.45, 7) is 0.130. The Kier molecular flexibility index (Phi) is 4.15. The lowest BCUT2D eigenvalue weighted by Crippen LogP contribution is -2.31. The van der Waals surface area contributed by atoms with Crippen molar-refractivity contribution in [3.63, 3.8) is 0 Å². The van der Waals surface area contributed by atoms with E-state index < -0.39 is 22.9 Å². The van der Waals surface area contributed by atoms with Crippen molar-refractivity contribution in [3.8, 4) is 0 Å². The Morgan fingerprint density at radius 1 is 1.00 bits per heavy atom. The van der Waals surface area contributed by atoms with Crippen molar-refractivity contribution in [1.29, 1.82) is 0 Å². The highest BCUT2D eigenvalue weighted by Crippen LogP contribution is 2.15. The number of benzene rings is 2. The van der Waals surface area contributed by atoms with Gasteiger partial charge in [0.05, 0.1) is 19.4 Å². The van der Waals surface area contributed by atoms with Gasteiger partial charge in [-0.05, 0) is 23.8 Å². The summed E-state index contributed by atoms with van der Waals surface area (Å²) in [5.41, 5.74) is 0.0268. The molecule has 136 valence electrons. The van der Waals surface area contributed by atoms with Crippen LogP contribution in [-0.4, -0.2) is 19.1 Å². The Morgan fingerprint density at radius 3 is 2.56 bits per heavy atom. The lowest BCUT2D eigenvalue weighted by molar-refractivity contribution is 0.578. The predicted molar refractivity (Wildman–Crippen MR) is 95.6 cm³/mol. The standard InChI is InChI=1S/C19H14F2N4O2/c20-14-6-7-15(21)13(8-14)10-24-11-22-17-16(24)18(26)23-19(27)25(17)9-12-4-2-1-3-5-12/h1-8,11H,9-10H2,(H,23,26,27). The summed E-state index contributed by atoms with van der Waals surface area (Å²) < 4.78 is 30.1. The first kappa shape index (κ1) is 16.9. The van der Waals surface area contributed by atoms with Crippen molar-refractivity contribution in [2.75, 3.05) is 0 Å². The largest absolute Gasteiger partial charge is 0.330 e. The minimum absolute atomic E-state index is 0.0782. The van der Waals surface area contributed by atoms with Crippen LogP contribution in [0.2, 0.25) is 0 Å². The maximum Gasteiger partial charge on any atom is 0.330 e. The number of fused-ring (bicyclic) bond motifs is 1. The molecule has 2 aromatic heterocycles. The summed E-state index contributed by atoms with van der Waals surface area (Å²) in [7, 11) is 0. The van der Waals surface area contributed by atoms with Gasteiger partial charge in [-0.1, -0.05) is 30.3 Å². The second-order valence-electron chi connectivity index (χ2n) is 6.11. The molecule has 0 unspecified atom stereocenters. The number of aromatic nitrogens is 4. The number of aromatic amines is 1. The summed E-state index contributed by atoms with van der Waals surface area (Å²) in [5, 5.41) is 0. The molecule has 0 atom stereocenters. The molecule has 2 heterocycles. The van der Waals surface area contributed by atoms with Crippen molar-refractivity contribution >= 4 is 11.2 Å². The van der Waals surface area contributed by atoms with Crippen LogP contribution in [0.5, 0.6) is 0 Å². The number of nitrogens with zero attached hydrogens (tertiary/aromatic N) is 3. The minimum atomic E-state index is -0.631. The lowest BCUT2D eigenvalue weighted by atomic mass is 10.2. The highest BCUT2D eigenvalue weighted by molar-refractivity contribution is 5.70. The van der Waals surface area contributed by atoms with Crippen LogP contribution < -0.4 is 11.2 Å². The Labute approximate surface area is 151 Å². The molecule has 0 saturated carbocycles. The summed E-state index contributed by atoms with van der Waals surface area (Å²) in [5.74, 6) is -1.17. The predicted octanol–water partition coefficient (Wildman–Crippen LogP) is 2.26. The highest BCUT2D eigenvalue weighted by atomic mass is 19.1. The van der Waals surface area contributed by atoms with Crippen LogP contribution >= 0.6 is 0 Å². The van der Waals surface area contributed by atoms with Crippen molar-refractivity contribution in [3.05, 3.63) is 98.5 Å². The number of rotatable bonds is 4. The third-order valence-electron chi connectivity index (χ3n) is 4.29. The van der Waals surface area contributed by atoms with Crippen LogP contribution in [-0.2, 0) is 13.1 Å². The fourth-order valence-corrected chi connectivity index (χ4v) is 3.00. The monoisotopic (exact) mass is 368 g/mol. The van der Waals surface area contributed by atoms with Gasteiger partial charge in [-0.25, -0.2) is 18.6 Å². The van der Waals surface area contributed by atoms with Gasteiger partial charge in [0.25, 0.3) is 5.56 Å². The van der Waals surface area contributed by atoms with Gasteiger partial charge < -0.3 is 4.57 Å². The molecule has 4 rings (SSSR count). The average molecular weight is 368 g/mol. The normalized spacial score (nSPS) is 11.2. The SMILES string of the molecule is O=c1[nH]c(=O)n(Cc2ccccc2)c2ncn(Cc3cc(F)ccc3F)c12. The van der Waals surface area contributed by atoms with Gasteiger partial charge in [-0.2, -0.15) is 0 Å². The topological polar surface area (TPSA) is 72.7 Å². The maximum absolute atomic E-state index is 14.0. The summed E-state index contributed by atoms with van der Waals surface area (Å²) in [6.07, 6.45) is 1.34. The number of hydrogen-bond acceptors (Lipinski definition) is 3. The minimum Gasteiger partial charge on any atom is -0.320 e. The molecule has 0 saturated heterocycles. The van der Waals surface area contributed by atoms with Gasteiger partial charge in [0.15, 0.2) is 11.2 Å². The molecule has 0 amide bonds. The van der Waals surface area contributed by atoms with Gasteiger partial charge in [0, 0.05) is 5.56 Å². The zero-order chi connectivity index (χ0) is 19.0. The molecule has 1 N–H and O–H groups in total. The van der Waals surface area contributed by atoms with Crippen LogP contribution in [0.25, 0.3) is 11.2 Å². The van der Waals surface area contributed by atoms with Crippen molar-refractivity contribution < 1.29 is 8.78 Å².